The Kier molecular flexibility index (Phi) is 5.53. The first-order valence-corrected chi connectivity index (χ1v) is 8.70. The summed E-state index contributed by atoms with van der Waals surface area (Å²) in [4.78, 5) is 0. The van der Waals surface area contributed by atoms with Crippen molar-refractivity contribution < 1.29 is 13.5 Å². The highest BCUT2D eigenvalue weighted by Crippen LogP contribution is 2.16. The molecule has 21 heavy (non-hydrogen) atoms. The lowest BCUT2D eigenvalue weighted by atomic mass is 10.1. The first-order chi connectivity index (χ1) is 10.1. The molecule has 0 fully saturated rings. The lowest BCUT2D eigenvalue weighted by Gasteiger charge is -2.07. The Morgan fingerprint density at radius 3 is 2.71 bits per heavy atom. The van der Waals surface area contributed by atoms with Crippen LogP contribution >= 0.6 is 11.3 Å². The van der Waals surface area contributed by atoms with Crippen molar-refractivity contribution in [1.82, 2.24) is 4.72 Å². The topological polar surface area (TPSA) is 66.4 Å². The molecule has 1 aromatic carbocycles. The molecule has 0 saturated heterocycles. The van der Waals surface area contributed by atoms with Crippen molar-refractivity contribution in [1.29, 1.82) is 0 Å². The predicted octanol–water partition coefficient (Wildman–Crippen LogP) is 1.96. The van der Waals surface area contributed by atoms with Crippen LogP contribution in [0.3, 0.4) is 0 Å². The monoisotopic (exact) mass is 321 g/mol. The number of rotatable bonds is 5. The summed E-state index contributed by atoms with van der Waals surface area (Å²) in [5.74, 6) is 5.78. The Morgan fingerprint density at radius 2 is 2.00 bits per heavy atom. The second-order valence-corrected chi connectivity index (χ2v) is 7.13. The van der Waals surface area contributed by atoms with E-state index in [9.17, 15) is 8.42 Å². The molecular formula is C15H15NO3S2. The molecule has 0 aliphatic rings. The summed E-state index contributed by atoms with van der Waals surface area (Å²) in [7, 11) is -3.48. The molecule has 0 radical (unpaired) electrons. The normalized spacial score (nSPS) is 10.9. The summed E-state index contributed by atoms with van der Waals surface area (Å²) < 4.78 is 27.0. The van der Waals surface area contributed by atoms with Gasteiger partial charge in [-0.25, -0.2) is 13.1 Å². The third-order valence-corrected chi connectivity index (χ3v) is 5.49. The maximum absolute atomic E-state index is 12.1. The molecule has 4 nitrogen and oxygen atoms in total. The van der Waals surface area contributed by atoms with Crippen LogP contribution in [0.15, 0.2) is 46.0 Å². The number of aliphatic hydroxyl groups excluding tert-OH is 1. The van der Waals surface area contributed by atoms with Gasteiger partial charge in [0.2, 0.25) is 10.0 Å². The lowest BCUT2D eigenvalue weighted by Crippen LogP contribution is -2.22. The average Bonchev–Trinajstić information content (AvgIpc) is 3.02. The van der Waals surface area contributed by atoms with E-state index in [1.807, 2.05) is 24.3 Å². The van der Waals surface area contributed by atoms with Crippen molar-refractivity contribution in [2.24, 2.45) is 0 Å². The van der Waals surface area contributed by atoms with Crippen LogP contribution in [0.1, 0.15) is 17.5 Å². The number of hydrogen-bond donors (Lipinski definition) is 2. The fraction of sp³-hybridized carbons (Fsp3) is 0.200. The SMILES string of the molecule is O=S(=O)(NCc1ccccc1C#CCCO)c1cccs1. The van der Waals surface area contributed by atoms with Gasteiger partial charge in [0.1, 0.15) is 4.21 Å². The molecule has 0 aliphatic heterocycles. The number of nitrogens with one attached hydrogen (secondary N) is 1. The van der Waals surface area contributed by atoms with Crippen LogP contribution < -0.4 is 4.72 Å². The molecule has 2 aromatic rings. The summed E-state index contributed by atoms with van der Waals surface area (Å²) in [6.07, 6.45) is 0.398. The molecule has 0 aliphatic carbocycles. The molecule has 110 valence electrons. The second kappa shape index (κ2) is 7.38. The summed E-state index contributed by atoms with van der Waals surface area (Å²) in [5.41, 5.74) is 1.57. The van der Waals surface area contributed by atoms with E-state index in [4.69, 9.17) is 5.11 Å². The zero-order valence-electron chi connectivity index (χ0n) is 11.2. The van der Waals surface area contributed by atoms with Crippen LogP contribution in [0.5, 0.6) is 0 Å². The van der Waals surface area contributed by atoms with E-state index < -0.39 is 10.0 Å². The summed E-state index contributed by atoms with van der Waals surface area (Å²) in [6, 6.07) is 10.6. The molecule has 0 unspecified atom stereocenters. The molecule has 2 N–H and O–H groups in total. The zero-order valence-corrected chi connectivity index (χ0v) is 12.9. The molecule has 6 heteroatoms. The summed E-state index contributed by atoms with van der Waals surface area (Å²) in [6.45, 7) is 0.199. The van der Waals surface area contributed by atoms with Crippen LogP contribution in [0.25, 0.3) is 0 Å². The smallest absolute Gasteiger partial charge is 0.250 e. The Balaban J connectivity index is 2.13. The van der Waals surface area contributed by atoms with Gasteiger partial charge >= 0.3 is 0 Å². The van der Waals surface area contributed by atoms with Crippen LogP contribution in [-0.2, 0) is 16.6 Å². The van der Waals surface area contributed by atoms with Gasteiger partial charge in [-0.2, -0.15) is 0 Å². The van der Waals surface area contributed by atoms with E-state index in [1.165, 1.54) is 11.3 Å². The molecule has 0 bridgehead atoms. The molecule has 0 atom stereocenters. The highest BCUT2D eigenvalue weighted by atomic mass is 32.2. The van der Waals surface area contributed by atoms with Gasteiger partial charge in [-0.3, -0.25) is 0 Å². The van der Waals surface area contributed by atoms with E-state index in [1.54, 1.807) is 17.5 Å². The Hall–Kier alpha value is -1.65. The van der Waals surface area contributed by atoms with Crippen molar-refractivity contribution in [2.45, 2.75) is 17.2 Å². The van der Waals surface area contributed by atoms with Crippen molar-refractivity contribution in [3.05, 3.63) is 52.9 Å². The van der Waals surface area contributed by atoms with Gasteiger partial charge in [0.15, 0.2) is 0 Å². The van der Waals surface area contributed by atoms with Gasteiger partial charge in [0.25, 0.3) is 0 Å². The minimum atomic E-state index is -3.48. The third kappa shape index (κ3) is 4.41. The fourth-order valence-corrected chi connectivity index (χ4v) is 3.71. The first-order valence-electron chi connectivity index (χ1n) is 6.34. The van der Waals surface area contributed by atoms with Gasteiger partial charge < -0.3 is 5.11 Å². The number of sulfonamides is 1. The predicted molar refractivity (Wildman–Crippen MR) is 83.4 cm³/mol. The molecule has 1 heterocycles. The van der Waals surface area contributed by atoms with Crippen molar-refractivity contribution in [3.8, 4) is 11.8 Å². The summed E-state index contributed by atoms with van der Waals surface area (Å²) in [5, 5.41) is 10.5. The Bertz CT molecular complexity index is 741. The number of aliphatic hydroxyl groups is 1. The quantitative estimate of drug-likeness (QED) is 0.827. The Labute approximate surface area is 128 Å². The van der Waals surface area contributed by atoms with E-state index in [2.05, 4.69) is 16.6 Å². The average molecular weight is 321 g/mol. The standard InChI is InChI=1S/C15H15NO3S2/c17-10-4-3-7-13-6-1-2-8-14(13)12-16-21(18,19)15-9-5-11-20-15/h1-2,5-6,8-9,11,16-17H,4,10,12H2. The van der Waals surface area contributed by atoms with E-state index in [-0.39, 0.29) is 13.2 Å². The van der Waals surface area contributed by atoms with Gasteiger partial charge in [-0.1, -0.05) is 36.1 Å². The largest absolute Gasteiger partial charge is 0.395 e. The number of thiophene rings is 1. The van der Waals surface area contributed by atoms with Crippen molar-refractivity contribution in [3.63, 3.8) is 0 Å². The van der Waals surface area contributed by atoms with Gasteiger partial charge in [0.05, 0.1) is 6.61 Å². The molecule has 0 saturated carbocycles. The van der Waals surface area contributed by atoms with E-state index >= 15 is 0 Å². The van der Waals surface area contributed by atoms with Crippen molar-refractivity contribution in [2.75, 3.05) is 6.61 Å². The minimum Gasteiger partial charge on any atom is -0.395 e. The lowest BCUT2D eigenvalue weighted by molar-refractivity contribution is 0.305. The van der Waals surface area contributed by atoms with Gasteiger partial charge in [-0.05, 0) is 23.1 Å². The minimum absolute atomic E-state index is 0.0141. The molecular weight excluding hydrogens is 306 g/mol. The molecule has 0 amide bonds. The van der Waals surface area contributed by atoms with Gasteiger partial charge in [-0.15, -0.1) is 11.3 Å². The van der Waals surface area contributed by atoms with E-state index in [0.29, 0.717) is 10.6 Å². The fourth-order valence-electron chi connectivity index (χ4n) is 1.67. The highest BCUT2D eigenvalue weighted by molar-refractivity contribution is 7.91. The molecule has 2 rings (SSSR count). The van der Waals surface area contributed by atoms with Crippen LogP contribution in [0, 0.1) is 11.8 Å². The van der Waals surface area contributed by atoms with Crippen molar-refractivity contribution >= 4 is 21.4 Å². The third-order valence-electron chi connectivity index (χ3n) is 2.69. The Morgan fingerprint density at radius 1 is 1.19 bits per heavy atom. The number of benzene rings is 1. The first kappa shape index (κ1) is 15.7. The number of hydrogen-bond acceptors (Lipinski definition) is 4. The van der Waals surface area contributed by atoms with Crippen LogP contribution in [0.2, 0.25) is 0 Å². The zero-order chi connectivity index (χ0) is 15.1. The molecule has 1 aromatic heterocycles. The van der Waals surface area contributed by atoms with Crippen LogP contribution in [-0.4, -0.2) is 20.1 Å². The van der Waals surface area contributed by atoms with E-state index in [0.717, 1.165) is 11.1 Å². The highest BCUT2D eigenvalue weighted by Gasteiger charge is 2.14. The molecule has 0 spiro atoms. The van der Waals surface area contributed by atoms with Crippen LogP contribution in [0.4, 0.5) is 0 Å². The second-order valence-electron chi connectivity index (χ2n) is 4.19. The maximum atomic E-state index is 12.1. The summed E-state index contributed by atoms with van der Waals surface area (Å²) >= 11 is 1.18. The maximum Gasteiger partial charge on any atom is 0.250 e. The van der Waals surface area contributed by atoms with Gasteiger partial charge in [0, 0.05) is 18.5 Å².